The van der Waals surface area contributed by atoms with E-state index in [2.05, 4.69) is 15.5 Å². The average molecular weight is 345 g/mol. The molecular formula is C19H27N3O3. The zero-order valence-corrected chi connectivity index (χ0v) is 15.8. The molecule has 1 N–H and O–H groups in total. The van der Waals surface area contributed by atoms with Gasteiger partial charge in [-0.15, -0.1) is 10.2 Å². The predicted molar refractivity (Wildman–Crippen MR) is 95.8 cm³/mol. The largest absolute Gasteiger partial charge is 0.459 e. The average Bonchev–Trinajstić information content (AvgIpc) is 2.95. The van der Waals surface area contributed by atoms with E-state index >= 15 is 0 Å². The van der Waals surface area contributed by atoms with Gasteiger partial charge in [0.1, 0.15) is 11.6 Å². The monoisotopic (exact) mass is 345 g/mol. The summed E-state index contributed by atoms with van der Waals surface area (Å²) in [6, 6.07) is 7.44. The number of nitrogens with zero attached hydrogens (tertiary/aromatic N) is 2. The molecule has 6 nitrogen and oxygen atoms in total. The van der Waals surface area contributed by atoms with Crippen molar-refractivity contribution in [3.63, 3.8) is 0 Å². The van der Waals surface area contributed by atoms with Gasteiger partial charge in [-0.3, -0.25) is 10.1 Å². The van der Waals surface area contributed by atoms with Crippen LogP contribution < -0.4 is 5.32 Å². The van der Waals surface area contributed by atoms with E-state index in [1.807, 2.05) is 65.8 Å². The third-order valence-corrected chi connectivity index (χ3v) is 3.57. The lowest BCUT2D eigenvalue weighted by Crippen LogP contribution is -2.44. The van der Waals surface area contributed by atoms with Crippen molar-refractivity contribution in [3.8, 4) is 11.5 Å². The molecule has 0 aliphatic carbocycles. The van der Waals surface area contributed by atoms with Gasteiger partial charge in [-0.05, 0) is 45.7 Å². The van der Waals surface area contributed by atoms with E-state index in [9.17, 15) is 4.79 Å². The maximum absolute atomic E-state index is 12.3. The van der Waals surface area contributed by atoms with Gasteiger partial charge in [0.25, 0.3) is 0 Å². The molecule has 0 amide bonds. The Morgan fingerprint density at radius 2 is 1.84 bits per heavy atom. The minimum Gasteiger partial charge on any atom is -0.459 e. The highest BCUT2D eigenvalue weighted by Crippen LogP contribution is 2.18. The Kier molecular flexibility index (Phi) is 5.95. The van der Waals surface area contributed by atoms with Gasteiger partial charge in [0.2, 0.25) is 11.8 Å². The van der Waals surface area contributed by atoms with Gasteiger partial charge >= 0.3 is 5.97 Å². The molecule has 6 heteroatoms. The second kappa shape index (κ2) is 7.78. The van der Waals surface area contributed by atoms with E-state index < -0.39 is 11.6 Å². The van der Waals surface area contributed by atoms with Crippen LogP contribution in [0.25, 0.3) is 11.5 Å². The fourth-order valence-electron chi connectivity index (χ4n) is 2.29. The molecule has 0 radical (unpaired) electrons. The fourth-order valence-corrected chi connectivity index (χ4v) is 2.29. The van der Waals surface area contributed by atoms with Crippen LogP contribution in [0.2, 0.25) is 0 Å². The van der Waals surface area contributed by atoms with Gasteiger partial charge in [0.05, 0.1) is 6.54 Å². The Morgan fingerprint density at radius 3 is 2.40 bits per heavy atom. The zero-order chi connectivity index (χ0) is 18.6. The molecule has 1 aromatic carbocycles. The van der Waals surface area contributed by atoms with Crippen molar-refractivity contribution in [2.75, 3.05) is 0 Å². The third-order valence-electron chi connectivity index (χ3n) is 3.57. The van der Waals surface area contributed by atoms with Gasteiger partial charge in [-0.1, -0.05) is 31.5 Å². The number of ether oxygens (including phenoxy) is 1. The Bertz CT molecular complexity index is 699. The highest BCUT2D eigenvalue weighted by Gasteiger charge is 2.27. The van der Waals surface area contributed by atoms with E-state index in [-0.39, 0.29) is 11.9 Å². The van der Waals surface area contributed by atoms with Crippen molar-refractivity contribution in [1.29, 1.82) is 0 Å². The molecule has 0 aliphatic rings. The zero-order valence-electron chi connectivity index (χ0n) is 15.8. The Balaban J connectivity index is 2.01. The van der Waals surface area contributed by atoms with E-state index in [1.54, 1.807) is 0 Å². The topological polar surface area (TPSA) is 77.2 Å². The van der Waals surface area contributed by atoms with Crippen LogP contribution in [0.15, 0.2) is 28.7 Å². The molecule has 0 fully saturated rings. The van der Waals surface area contributed by atoms with Crippen molar-refractivity contribution in [2.45, 2.75) is 59.7 Å². The first kappa shape index (κ1) is 19.1. The summed E-state index contributed by atoms with van der Waals surface area (Å²) in [7, 11) is 0. The maximum Gasteiger partial charge on any atom is 0.323 e. The molecule has 0 bridgehead atoms. The number of hydrogen-bond donors (Lipinski definition) is 1. The first-order valence-corrected chi connectivity index (χ1v) is 8.51. The second-order valence-corrected chi connectivity index (χ2v) is 7.50. The molecule has 2 rings (SSSR count). The normalized spacial score (nSPS) is 13.1. The number of esters is 1. The molecule has 2 aromatic rings. The summed E-state index contributed by atoms with van der Waals surface area (Å²) in [6.07, 6.45) is 0. The Morgan fingerprint density at radius 1 is 1.20 bits per heavy atom. The van der Waals surface area contributed by atoms with Crippen LogP contribution in [0, 0.1) is 12.8 Å². The number of hydrogen-bond acceptors (Lipinski definition) is 6. The minimum atomic E-state index is -0.519. The van der Waals surface area contributed by atoms with E-state index in [0.29, 0.717) is 18.3 Å². The van der Waals surface area contributed by atoms with Crippen LogP contribution >= 0.6 is 0 Å². The fraction of sp³-hybridized carbons (Fsp3) is 0.526. The first-order chi connectivity index (χ1) is 11.7. The summed E-state index contributed by atoms with van der Waals surface area (Å²) in [5.41, 5.74) is 1.52. The third kappa shape index (κ3) is 5.67. The SMILES string of the molecule is Cc1ccc(-c2nnc(CN[C@@H](C(=O)OC(C)(C)C)C(C)C)o2)cc1. The summed E-state index contributed by atoms with van der Waals surface area (Å²) < 4.78 is 11.2. The Hall–Kier alpha value is -2.21. The summed E-state index contributed by atoms with van der Waals surface area (Å²) >= 11 is 0. The number of carbonyl (C=O) groups excluding carboxylic acids is 1. The molecule has 0 saturated carbocycles. The molecular weight excluding hydrogens is 318 g/mol. The smallest absolute Gasteiger partial charge is 0.323 e. The van der Waals surface area contributed by atoms with E-state index in [1.165, 1.54) is 5.56 Å². The maximum atomic E-state index is 12.3. The highest BCUT2D eigenvalue weighted by atomic mass is 16.6. The highest BCUT2D eigenvalue weighted by molar-refractivity contribution is 5.76. The van der Waals surface area contributed by atoms with Crippen molar-refractivity contribution >= 4 is 5.97 Å². The molecule has 0 aliphatic heterocycles. The van der Waals surface area contributed by atoms with Gasteiger partial charge < -0.3 is 9.15 Å². The number of nitrogens with one attached hydrogen (secondary N) is 1. The van der Waals surface area contributed by atoms with Crippen molar-refractivity contribution in [3.05, 3.63) is 35.7 Å². The quantitative estimate of drug-likeness (QED) is 0.808. The van der Waals surface area contributed by atoms with Gasteiger partial charge in [0, 0.05) is 5.56 Å². The van der Waals surface area contributed by atoms with Crippen LogP contribution in [0.1, 0.15) is 46.1 Å². The van der Waals surface area contributed by atoms with Gasteiger partial charge in [-0.2, -0.15) is 0 Å². The second-order valence-electron chi connectivity index (χ2n) is 7.50. The summed E-state index contributed by atoms with van der Waals surface area (Å²) in [6.45, 7) is 11.8. The van der Waals surface area contributed by atoms with Crippen molar-refractivity contribution < 1.29 is 13.9 Å². The summed E-state index contributed by atoms with van der Waals surface area (Å²) in [5.74, 6) is 0.704. The number of benzene rings is 1. The number of carbonyl (C=O) groups is 1. The Labute approximate surface area is 149 Å². The number of aryl methyl sites for hydroxylation is 1. The summed E-state index contributed by atoms with van der Waals surface area (Å²) in [5, 5.41) is 11.3. The number of rotatable bonds is 6. The van der Waals surface area contributed by atoms with Crippen LogP contribution in [0.5, 0.6) is 0 Å². The van der Waals surface area contributed by atoms with Crippen molar-refractivity contribution in [2.24, 2.45) is 5.92 Å². The molecule has 0 unspecified atom stereocenters. The molecule has 1 atom stereocenters. The van der Waals surface area contributed by atoms with E-state index in [0.717, 1.165) is 5.56 Å². The lowest BCUT2D eigenvalue weighted by Gasteiger charge is -2.26. The summed E-state index contributed by atoms with van der Waals surface area (Å²) in [4.78, 5) is 12.3. The lowest BCUT2D eigenvalue weighted by atomic mass is 10.0. The van der Waals surface area contributed by atoms with Gasteiger partial charge in [-0.25, -0.2) is 0 Å². The molecule has 25 heavy (non-hydrogen) atoms. The minimum absolute atomic E-state index is 0.0781. The van der Waals surface area contributed by atoms with Crippen LogP contribution in [-0.2, 0) is 16.1 Å². The molecule has 136 valence electrons. The van der Waals surface area contributed by atoms with Crippen LogP contribution in [-0.4, -0.2) is 27.8 Å². The first-order valence-electron chi connectivity index (χ1n) is 8.51. The van der Waals surface area contributed by atoms with E-state index in [4.69, 9.17) is 9.15 Å². The molecule has 1 aromatic heterocycles. The molecule has 1 heterocycles. The number of aromatic nitrogens is 2. The van der Waals surface area contributed by atoms with Crippen LogP contribution in [0.4, 0.5) is 0 Å². The predicted octanol–water partition coefficient (Wildman–Crippen LogP) is 3.50. The standard InChI is InChI=1S/C19H27N3O3/c1-12(2)16(18(23)25-19(4,5)6)20-11-15-21-22-17(24-15)14-9-7-13(3)8-10-14/h7-10,12,16,20H,11H2,1-6H3/t16-/m1/s1. The van der Waals surface area contributed by atoms with Crippen molar-refractivity contribution in [1.82, 2.24) is 15.5 Å². The molecule has 0 saturated heterocycles. The van der Waals surface area contributed by atoms with Gasteiger partial charge in [0.15, 0.2) is 0 Å². The lowest BCUT2D eigenvalue weighted by molar-refractivity contribution is -0.158. The molecule has 0 spiro atoms. The van der Waals surface area contributed by atoms with Crippen LogP contribution in [0.3, 0.4) is 0 Å².